The summed E-state index contributed by atoms with van der Waals surface area (Å²) in [7, 11) is 0. The van der Waals surface area contributed by atoms with Crippen LogP contribution in [0, 0.1) is 0 Å². The Bertz CT molecular complexity index is 375. The van der Waals surface area contributed by atoms with Gasteiger partial charge in [0.25, 0.3) is 0 Å². The molecule has 100 valence electrons. The van der Waals surface area contributed by atoms with E-state index in [2.05, 4.69) is 16.7 Å². The largest absolute Gasteiger partial charge is 0.508 e. The molecule has 1 heterocycles. The van der Waals surface area contributed by atoms with Gasteiger partial charge in [0.2, 0.25) is 0 Å². The average molecular weight is 249 g/mol. The van der Waals surface area contributed by atoms with Gasteiger partial charge in [-0.15, -0.1) is 0 Å². The lowest BCUT2D eigenvalue weighted by Crippen LogP contribution is -2.48. The number of nitrogens with zero attached hydrogens (tertiary/aromatic N) is 2. The molecule has 0 aliphatic carbocycles. The first kappa shape index (κ1) is 13.3. The molecular formula is C14H23N3O. The molecule has 0 bridgehead atoms. The molecule has 0 radical (unpaired) electrons. The van der Waals surface area contributed by atoms with E-state index in [-0.39, 0.29) is 6.04 Å². The van der Waals surface area contributed by atoms with Crippen molar-refractivity contribution in [2.75, 3.05) is 39.3 Å². The molecular weight excluding hydrogens is 226 g/mol. The van der Waals surface area contributed by atoms with Crippen molar-refractivity contribution >= 4 is 0 Å². The van der Waals surface area contributed by atoms with E-state index >= 15 is 0 Å². The van der Waals surface area contributed by atoms with E-state index in [4.69, 9.17) is 5.73 Å². The van der Waals surface area contributed by atoms with E-state index in [1.165, 1.54) is 0 Å². The van der Waals surface area contributed by atoms with Gasteiger partial charge < -0.3 is 15.7 Å². The fourth-order valence-corrected chi connectivity index (χ4v) is 2.62. The molecule has 0 saturated carbocycles. The van der Waals surface area contributed by atoms with Crippen LogP contribution in [-0.4, -0.2) is 54.2 Å². The number of likely N-dealkylation sites (N-methyl/N-ethyl adjacent to an activating group) is 1. The van der Waals surface area contributed by atoms with E-state index in [9.17, 15) is 5.11 Å². The standard InChI is InChI=1S/C14H23N3O/c1-2-16-6-8-17(9-7-16)14(11-15)12-4-3-5-13(18)10-12/h3-5,10,14,18H,2,6-9,11,15H2,1H3. The maximum Gasteiger partial charge on any atom is 0.115 e. The van der Waals surface area contributed by atoms with Crippen LogP contribution in [-0.2, 0) is 0 Å². The van der Waals surface area contributed by atoms with Gasteiger partial charge in [-0.2, -0.15) is 0 Å². The number of nitrogens with two attached hydrogens (primary N) is 1. The van der Waals surface area contributed by atoms with Crippen LogP contribution in [0.15, 0.2) is 24.3 Å². The Labute approximate surface area is 109 Å². The van der Waals surface area contributed by atoms with E-state index in [1.54, 1.807) is 6.07 Å². The number of aromatic hydroxyl groups is 1. The monoisotopic (exact) mass is 249 g/mol. The first-order valence-electron chi connectivity index (χ1n) is 6.70. The highest BCUT2D eigenvalue weighted by Gasteiger charge is 2.23. The number of hydrogen-bond donors (Lipinski definition) is 2. The van der Waals surface area contributed by atoms with Crippen LogP contribution in [0.5, 0.6) is 5.75 Å². The molecule has 0 spiro atoms. The normalized spacial score (nSPS) is 19.9. The zero-order valence-electron chi connectivity index (χ0n) is 11.0. The van der Waals surface area contributed by atoms with Crippen LogP contribution < -0.4 is 5.73 Å². The van der Waals surface area contributed by atoms with Crippen molar-refractivity contribution < 1.29 is 5.11 Å². The average Bonchev–Trinajstić information content (AvgIpc) is 2.40. The van der Waals surface area contributed by atoms with Gasteiger partial charge in [-0.3, -0.25) is 4.90 Å². The van der Waals surface area contributed by atoms with Crippen molar-refractivity contribution in [1.82, 2.24) is 9.80 Å². The van der Waals surface area contributed by atoms with Crippen LogP contribution in [0.1, 0.15) is 18.5 Å². The van der Waals surface area contributed by atoms with Crippen LogP contribution in [0.4, 0.5) is 0 Å². The third kappa shape index (κ3) is 3.02. The highest BCUT2D eigenvalue weighted by molar-refractivity contribution is 5.29. The third-order valence-electron chi connectivity index (χ3n) is 3.77. The molecule has 2 rings (SSSR count). The van der Waals surface area contributed by atoms with Gasteiger partial charge in [-0.25, -0.2) is 0 Å². The second-order valence-electron chi connectivity index (χ2n) is 4.82. The van der Waals surface area contributed by atoms with Crippen LogP contribution in [0.2, 0.25) is 0 Å². The maximum absolute atomic E-state index is 9.57. The van der Waals surface area contributed by atoms with Crippen LogP contribution in [0.3, 0.4) is 0 Å². The molecule has 4 nitrogen and oxygen atoms in total. The predicted octanol–water partition coefficient (Wildman–Crippen LogP) is 1.03. The molecule has 1 atom stereocenters. The Morgan fingerprint density at radius 3 is 2.56 bits per heavy atom. The number of phenols is 1. The smallest absolute Gasteiger partial charge is 0.115 e. The molecule has 0 amide bonds. The second-order valence-corrected chi connectivity index (χ2v) is 4.82. The van der Waals surface area contributed by atoms with Gasteiger partial charge in [0, 0.05) is 38.8 Å². The van der Waals surface area contributed by atoms with Crippen molar-refractivity contribution in [1.29, 1.82) is 0 Å². The SMILES string of the molecule is CCN1CCN(C(CN)c2cccc(O)c2)CC1. The molecule has 1 aromatic rings. The Balaban J connectivity index is 2.05. The molecule has 1 saturated heterocycles. The van der Waals surface area contributed by atoms with Gasteiger partial charge >= 0.3 is 0 Å². The molecule has 1 aliphatic heterocycles. The van der Waals surface area contributed by atoms with Gasteiger partial charge in [0.05, 0.1) is 0 Å². The lowest BCUT2D eigenvalue weighted by molar-refractivity contribution is 0.102. The first-order chi connectivity index (χ1) is 8.74. The van der Waals surface area contributed by atoms with Gasteiger partial charge in [0.15, 0.2) is 0 Å². The van der Waals surface area contributed by atoms with Gasteiger partial charge in [0.1, 0.15) is 5.75 Å². The summed E-state index contributed by atoms with van der Waals surface area (Å²) >= 11 is 0. The zero-order chi connectivity index (χ0) is 13.0. The summed E-state index contributed by atoms with van der Waals surface area (Å²) in [6, 6.07) is 7.67. The molecule has 1 aliphatic rings. The summed E-state index contributed by atoms with van der Waals surface area (Å²) in [6.07, 6.45) is 0. The summed E-state index contributed by atoms with van der Waals surface area (Å²) in [6.45, 7) is 8.21. The molecule has 4 heteroatoms. The summed E-state index contributed by atoms with van der Waals surface area (Å²) in [5.74, 6) is 0.318. The molecule has 0 aromatic heterocycles. The van der Waals surface area contributed by atoms with E-state index in [0.29, 0.717) is 12.3 Å². The summed E-state index contributed by atoms with van der Waals surface area (Å²) in [5, 5.41) is 9.57. The minimum Gasteiger partial charge on any atom is -0.508 e. The fraction of sp³-hybridized carbons (Fsp3) is 0.571. The molecule has 1 fully saturated rings. The molecule has 18 heavy (non-hydrogen) atoms. The predicted molar refractivity (Wildman–Crippen MR) is 73.6 cm³/mol. The Morgan fingerprint density at radius 2 is 2.00 bits per heavy atom. The number of hydrogen-bond acceptors (Lipinski definition) is 4. The maximum atomic E-state index is 9.57. The van der Waals surface area contributed by atoms with Gasteiger partial charge in [-0.05, 0) is 24.2 Å². The van der Waals surface area contributed by atoms with E-state index < -0.39 is 0 Å². The lowest BCUT2D eigenvalue weighted by atomic mass is 10.0. The van der Waals surface area contributed by atoms with Crippen molar-refractivity contribution in [2.45, 2.75) is 13.0 Å². The van der Waals surface area contributed by atoms with Crippen molar-refractivity contribution in [3.8, 4) is 5.75 Å². The topological polar surface area (TPSA) is 52.7 Å². The highest BCUT2D eigenvalue weighted by atomic mass is 16.3. The number of phenolic OH excluding ortho intramolecular Hbond substituents is 1. The van der Waals surface area contributed by atoms with Crippen molar-refractivity contribution in [3.63, 3.8) is 0 Å². The Morgan fingerprint density at radius 1 is 1.28 bits per heavy atom. The Kier molecular flexibility index (Phi) is 4.58. The lowest BCUT2D eigenvalue weighted by Gasteiger charge is -2.38. The van der Waals surface area contributed by atoms with E-state index in [1.807, 2.05) is 18.2 Å². The van der Waals surface area contributed by atoms with Crippen LogP contribution >= 0.6 is 0 Å². The van der Waals surface area contributed by atoms with E-state index in [0.717, 1.165) is 38.3 Å². The number of benzene rings is 1. The third-order valence-corrected chi connectivity index (χ3v) is 3.77. The first-order valence-corrected chi connectivity index (χ1v) is 6.70. The summed E-state index contributed by atoms with van der Waals surface area (Å²) in [4.78, 5) is 4.87. The minimum absolute atomic E-state index is 0.219. The second kappa shape index (κ2) is 6.18. The van der Waals surface area contributed by atoms with Crippen LogP contribution in [0.25, 0.3) is 0 Å². The Hall–Kier alpha value is -1.10. The summed E-state index contributed by atoms with van der Waals surface area (Å²) < 4.78 is 0. The number of piperazine rings is 1. The van der Waals surface area contributed by atoms with Gasteiger partial charge in [-0.1, -0.05) is 19.1 Å². The molecule has 1 unspecified atom stereocenters. The molecule has 1 aromatic carbocycles. The minimum atomic E-state index is 0.219. The zero-order valence-corrected chi connectivity index (χ0v) is 11.0. The fourth-order valence-electron chi connectivity index (χ4n) is 2.62. The molecule has 3 N–H and O–H groups in total. The quantitative estimate of drug-likeness (QED) is 0.837. The summed E-state index contributed by atoms with van der Waals surface area (Å²) in [5.41, 5.74) is 7.03. The highest BCUT2D eigenvalue weighted by Crippen LogP contribution is 2.24. The number of rotatable bonds is 4. The van der Waals surface area contributed by atoms with Crippen molar-refractivity contribution in [3.05, 3.63) is 29.8 Å². The van der Waals surface area contributed by atoms with Crippen molar-refractivity contribution in [2.24, 2.45) is 5.73 Å².